The van der Waals surface area contributed by atoms with Gasteiger partial charge in [-0.2, -0.15) is 0 Å². The van der Waals surface area contributed by atoms with Gasteiger partial charge in [0.25, 0.3) is 5.91 Å². The molecule has 0 aromatic heterocycles. The van der Waals surface area contributed by atoms with E-state index in [-0.39, 0.29) is 17.7 Å². The highest BCUT2D eigenvalue weighted by atomic mass is 16.5. The second kappa shape index (κ2) is 9.01. The van der Waals surface area contributed by atoms with Crippen LogP contribution in [0.3, 0.4) is 0 Å². The standard InChI is InChI=1S/C25H26N2O3/c1-30-21-12-13-22(23(28)18-21)25(29)27-16-14-26(15-17-27)24(19-8-4-2-5-9-19)20-10-6-3-7-11-20/h2-13,18,24,28H,14-17H2,1H3. The molecule has 1 saturated heterocycles. The zero-order valence-electron chi connectivity index (χ0n) is 17.1. The molecule has 154 valence electrons. The van der Waals surface area contributed by atoms with Crippen LogP contribution in [0.4, 0.5) is 0 Å². The maximum atomic E-state index is 12.9. The molecule has 4 rings (SSSR count). The van der Waals surface area contributed by atoms with Crippen molar-refractivity contribution in [3.63, 3.8) is 0 Å². The van der Waals surface area contributed by atoms with Crippen molar-refractivity contribution in [1.29, 1.82) is 0 Å². The fourth-order valence-corrected chi connectivity index (χ4v) is 4.06. The van der Waals surface area contributed by atoms with E-state index in [4.69, 9.17) is 4.74 Å². The number of amides is 1. The first kappa shape index (κ1) is 20.0. The van der Waals surface area contributed by atoms with Crippen molar-refractivity contribution < 1.29 is 14.6 Å². The first-order valence-electron chi connectivity index (χ1n) is 10.2. The number of hydrogen-bond acceptors (Lipinski definition) is 4. The van der Waals surface area contributed by atoms with E-state index in [1.807, 2.05) is 17.0 Å². The van der Waals surface area contributed by atoms with Gasteiger partial charge in [-0.3, -0.25) is 9.69 Å². The third-order valence-corrected chi connectivity index (χ3v) is 5.63. The number of carbonyl (C=O) groups excluding carboxylic acids is 1. The molecule has 30 heavy (non-hydrogen) atoms. The maximum absolute atomic E-state index is 12.9. The van der Waals surface area contributed by atoms with Crippen LogP contribution < -0.4 is 4.74 Å². The fraction of sp³-hybridized carbons (Fsp3) is 0.240. The molecule has 0 aliphatic carbocycles. The minimum atomic E-state index is -0.147. The Hall–Kier alpha value is -3.31. The third kappa shape index (κ3) is 4.16. The molecular formula is C25H26N2O3. The van der Waals surface area contributed by atoms with Crippen LogP contribution in [0.25, 0.3) is 0 Å². The normalized spacial score (nSPS) is 14.7. The van der Waals surface area contributed by atoms with Gasteiger partial charge < -0.3 is 14.7 Å². The van der Waals surface area contributed by atoms with Crippen molar-refractivity contribution in [2.45, 2.75) is 6.04 Å². The summed E-state index contributed by atoms with van der Waals surface area (Å²) >= 11 is 0. The van der Waals surface area contributed by atoms with Gasteiger partial charge in [0.2, 0.25) is 0 Å². The van der Waals surface area contributed by atoms with Gasteiger partial charge in [-0.15, -0.1) is 0 Å². The minimum absolute atomic E-state index is 0.0479. The van der Waals surface area contributed by atoms with Gasteiger partial charge in [0.15, 0.2) is 0 Å². The summed E-state index contributed by atoms with van der Waals surface area (Å²) in [5, 5.41) is 10.2. The first-order valence-corrected chi connectivity index (χ1v) is 10.2. The number of ether oxygens (including phenoxy) is 1. The Morgan fingerprint density at radius 1 is 0.867 bits per heavy atom. The summed E-state index contributed by atoms with van der Waals surface area (Å²) in [6.07, 6.45) is 0. The van der Waals surface area contributed by atoms with Crippen molar-refractivity contribution >= 4 is 5.91 Å². The lowest BCUT2D eigenvalue weighted by molar-refractivity contribution is 0.0594. The minimum Gasteiger partial charge on any atom is -0.507 e. The van der Waals surface area contributed by atoms with Crippen LogP contribution >= 0.6 is 0 Å². The molecule has 1 heterocycles. The third-order valence-electron chi connectivity index (χ3n) is 5.63. The number of piperazine rings is 1. The van der Waals surface area contributed by atoms with Crippen molar-refractivity contribution in [2.24, 2.45) is 0 Å². The van der Waals surface area contributed by atoms with Crippen LogP contribution in [-0.2, 0) is 0 Å². The maximum Gasteiger partial charge on any atom is 0.257 e. The molecule has 0 bridgehead atoms. The van der Waals surface area contributed by atoms with E-state index in [0.29, 0.717) is 24.4 Å². The van der Waals surface area contributed by atoms with Gasteiger partial charge in [0.05, 0.1) is 18.7 Å². The fourth-order valence-electron chi connectivity index (χ4n) is 4.06. The second-order valence-corrected chi connectivity index (χ2v) is 7.44. The lowest BCUT2D eigenvalue weighted by atomic mass is 9.96. The summed E-state index contributed by atoms with van der Waals surface area (Å²) in [5.41, 5.74) is 2.81. The number of methoxy groups -OCH3 is 1. The van der Waals surface area contributed by atoms with Crippen LogP contribution in [-0.4, -0.2) is 54.1 Å². The predicted octanol–water partition coefficient (Wildman–Crippen LogP) is 3.95. The van der Waals surface area contributed by atoms with Gasteiger partial charge in [0.1, 0.15) is 11.5 Å². The molecule has 5 nitrogen and oxygen atoms in total. The molecule has 1 N–H and O–H groups in total. The molecule has 0 spiro atoms. The molecule has 0 atom stereocenters. The highest BCUT2D eigenvalue weighted by molar-refractivity contribution is 5.97. The summed E-state index contributed by atoms with van der Waals surface area (Å²) < 4.78 is 5.11. The van der Waals surface area contributed by atoms with E-state index in [1.54, 1.807) is 12.1 Å². The molecule has 0 radical (unpaired) electrons. The summed E-state index contributed by atoms with van der Waals surface area (Å²) in [6.45, 7) is 2.75. The lowest BCUT2D eigenvalue weighted by Crippen LogP contribution is -2.49. The average Bonchev–Trinajstić information content (AvgIpc) is 2.80. The van der Waals surface area contributed by atoms with Crippen molar-refractivity contribution in [3.8, 4) is 11.5 Å². The predicted molar refractivity (Wildman–Crippen MR) is 117 cm³/mol. The Morgan fingerprint density at radius 2 is 1.43 bits per heavy atom. The molecular weight excluding hydrogens is 376 g/mol. The molecule has 3 aromatic carbocycles. The van der Waals surface area contributed by atoms with Gasteiger partial charge in [-0.05, 0) is 23.3 Å². The number of carbonyl (C=O) groups is 1. The van der Waals surface area contributed by atoms with Gasteiger partial charge in [-0.1, -0.05) is 60.7 Å². The van der Waals surface area contributed by atoms with E-state index in [2.05, 4.69) is 53.4 Å². The van der Waals surface area contributed by atoms with E-state index in [9.17, 15) is 9.90 Å². The van der Waals surface area contributed by atoms with Crippen LogP contribution in [0.5, 0.6) is 11.5 Å². The number of benzene rings is 3. The molecule has 1 aliphatic heterocycles. The number of phenolic OH excluding ortho intramolecular Hbond substituents is 1. The zero-order valence-corrected chi connectivity index (χ0v) is 17.1. The number of rotatable bonds is 5. The van der Waals surface area contributed by atoms with Crippen LogP contribution in [0.2, 0.25) is 0 Å². The van der Waals surface area contributed by atoms with Crippen LogP contribution in [0.15, 0.2) is 78.9 Å². The topological polar surface area (TPSA) is 53.0 Å². The highest BCUT2D eigenvalue weighted by Gasteiger charge is 2.29. The Balaban J connectivity index is 1.50. The Kier molecular flexibility index (Phi) is 6.00. The zero-order chi connectivity index (χ0) is 20.9. The monoisotopic (exact) mass is 402 g/mol. The largest absolute Gasteiger partial charge is 0.507 e. The number of hydrogen-bond donors (Lipinski definition) is 1. The van der Waals surface area contributed by atoms with Crippen molar-refractivity contribution in [1.82, 2.24) is 9.80 Å². The number of phenols is 1. The summed E-state index contributed by atoms with van der Waals surface area (Å²) in [6, 6.07) is 25.9. The quantitative estimate of drug-likeness (QED) is 0.702. The summed E-state index contributed by atoms with van der Waals surface area (Å²) in [4.78, 5) is 17.2. The smallest absolute Gasteiger partial charge is 0.257 e. The van der Waals surface area contributed by atoms with Gasteiger partial charge >= 0.3 is 0 Å². The molecule has 1 aliphatic rings. The second-order valence-electron chi connectivity index (χ2n) is 7.44. The van der Waals surface area contributed by atoms with Gasteiger partial charge in [-0.25, -0.2) is 0 Å². The van der Waals surface area contributed by atoms with E-state index in [1.165, 1.54) is 24.3 Å². The molecule has 0 saturated carbocycles. The Labute approximate surface area is 177 Å². The number of nitrogens with zero attached hydrogens (tertiary/aromatic N) is 2. The first-order chi connectivity index (χ1) is 14.7. The highest BCUT2D eigenvalue weighted by Crippen LogP contribution is 2.30. The van der Waals surface area contributed by atoms with Gasteiger partial charge in [0, 0.05) is 32.2 Å². The molecule has 1 amide bonds. The average molecular weight is 402 g/mol. The van der Waals surface area contributed by atoms with Crippen molar-refractivity contribution in [2.75, 3.05) is 33.3 Å². The van der Waals surface area contributed by atoms with Crippen LogP contribution in [0, 0.1) is 0 Å². The Bertz CT molecular complexity index is 944. The van der Waals surface area contributed by atoms with E-state index < -0.39 is 0 Å². The summed E-state index contributed by atoms with van der Waals surface area (Å²) in [5.74, 6) is 0.335. The van der Waals surface area contributed by atoms with Crippen molar-refractivity contribution in [3.05, 3.63) is 95.6 Å². The SMILES string of the molecule is COc1ccc(C(=O)N2CCN(C(c3ccccc3)c3ccccc3)CC2)c(O)c1. The Morgan fingerprint density at radius 3 is 1.93 bits per heavy atom. The van der Waals surface area contributed by atoms with E-state index >= 15 is 0 Å². The molecule has 5 heteroatoms. The van der Waals surface area contributed by atoms with E-state index in [0.717, 1.165) is 13.1 Å². The lowest BCUT2D eigenvalue weighted by Gasteiger charge is -2.39. The summed E-state index contributed by atoms with van der Waals surface area (Å²) in [7, 11) is 1.53. The molecule has 0 unspecified atom stereocenters. The van der Waals surface area contributed by atoms with Crippen LogP contribution in [0.1, 0.15) is 27.5 Å². The number of aromatic hydroxyl groups is 1. The molecule has 1 fully saturated rings. The molecule has 3 aromatic rings.